The number of nitrogens with zero attached hydrogens (tertiary/aromatic N) is 3. The summed E-state index contributed by atoms with van der Waals surface area (Å²) in [6.07, 6.45) is 7.82. The van der Waals surface area contributed by atoms with Crippen molar-refractivity contribution in [1.29, 1.82) is 0 Å². The van der Waals surface area contributed by atoms with Gasteiger partial charge < -0.3 is 16.5 Å². The maximum Gasteiger partial charge on any atom is 0.272 e. The maximum absolute atomic E-state index is 11.8. The zero-order valence-electron chi connectivity index (χ0n) is 21.4. The highest BCUT2D eigenvalue weighted by Gasteiger charge is 2.10. The van der Waals surface area contributed by atoms with Crippen LogP contribution in [-0.4, -0.2) is 35.5 Å². The number of hydrogen-bond acceptors (Lipinski definition) is 6. The third-order valence-corrected chi connectivity index (χ3v) is 7.03. The van der Waals surface area contributed by atoms with Gasteiger partial charge in [-0.15, -0.1) is 0 Å². The summed E-state index contributed by atoms with van der Waals surface area (Å²) in [6, 6.07) is 11.6. The molecule has 200 valence electrons. The van der Waals surface area contributed by atoms with Crippen LogP contribution >= 0.6 is 43.5 Å². The molecule has 4 aromatic rings. The Labute approximate surface area is 244 Å². The van der Waals surface area contributed by atoms with Gasteiger partial charge in [-0.3, -0.25) is 14.8 Å². The van der Waals surface area contributed by atoms with Crippen LogP contribution in [0.1, 0.15) is 50.7 Å². The summed E-state index contributed by atoms with van der Waals surface area (Å²) in [5.41, 5.74) is 15.4. The van der Waals surface area contributed by atoms with Crippen LogP contribution in [0.3, 0.4) is 0 Å². The summed E-state index contributed by atoms with van der Waals surface area (Å²) in [5.74, 6) is 0. The number of anilines is 2. The van der Waals surface area contributed by atoms with Crippen molar-refractivity contribution >= 4 is 89.1 Å². The molecule has 4 rings (SSSR count). The third-order valence-electron chi connectivity index (χ3n) is 5.76. The van der Waals surface area contributed by atoms with Crippen molar-refractivity contribution in [1.82, 2.24) is 9.97 Å². The first kappa shape index (κ1) is 29.8. The highest BCUT2D eigenvalue weighted by Crippen LogP contribution is 2.29. The van der Waals surface area contributed by atoms with Gasteiger partial charge in [0.05, 0.1) is 16.7 Å². The Balaban J connectivity index is 0.000000211. The van der Waals surface area contributed by atoms with Gasteiger partial charge in [0.2, 0.25) is 0 Å². The van der Waals surface area contributed by atoms with Crippen molar-refractivity contribution in [3.8, 4) is 0 Å². The van der Waals surface area contributed by atoms with E-state index in [0.29, 0.717) is 16.4 Å². The van der Waals surface area contributed by atoms with Crippen LogP contribution in [0.25, 0.3) is 21.8 Å². The standard InChI is InChI=1S/C14H15BrClN3.C14H16BrN3O/c1-2-3-6-18-8-11-10-5-4-9(15)7-12(10)19-14(16)13(11)17;1-2-3-6-17-8-11-10-5-4-9(15)7-12(10)18-14(19)13(11)16/h4-5,7-8H,2-3,6,17H2,1H3;4-5,7-8H,2-3,6,16H2,1H3,(H,18,19). The molecule has 0 unspecified atom stereocenters. The minimum Gasteiger partial charge on any atom is -0.396 e. The molecule has 0 spiro atoms. The molecule has 2 heterocycles. The van der Waals surface area contributed by atoms with Gasteiger partial charge in [0.25, 0.3) is 5.56 Å². The summed E-state index contributed by atoms with van der Waals surface area (Å²) >= 11 is 12.9. The predicted octanol–water partition coefficient (Wildman–Crippen LogP) is 7.54. The van der Waals surface area contributed by atoms with Gasteiger partial charge in [-0.1, -0.05) is 82.3 Å². The summed E-state index contributed by atoms with van der Waals surface area (Å²) in [6.45, 7) is 5.80. The van der Waals surface area contributed by atoms with Crippen LogP contribution in [0.2, 0.25) is 5.15 Å². The van der Waals surface area contributed by atoms with Crippen LogP contribution in [0, 0.1) is 0 Å². The smallest absolute Gasteiger partial charge is 0.272 e. The fourth-order valence-electron chi connectivity index (χ4n) is 3.65. The molecule has 0 aliphatic carbocycles. The topological polar surface area (TPSA) is 123 Å². The van der Waals surface area contributed by atoms with E-state index >= 15 is 0 Å². The molecule has 0 aliphatic rings. The number of fused-ring (bicyclic) bond motifs is 2. The van der Waals surface area contributed by atoms with E-state index in [1.54, 1.807) is 12.4 Å². The van der Waals surface area contributed by atoms with E-state index in [0.717, 1.165) is 75.1 Å². The first-order valence-corrected chi connectivity index (χ1v) is 14.4. The van der Waals surface area contributed by atoms with E-state index < -0.39 is 0 Å². The van der Waals surface area contributed by atoms with Crippen LogP contribution in [0.15, 0.2) is 60.1 Å². The molecule has 7 nitrogen and oxygen atoms in total. The second-order valence-electron chi connectivity index (χ2n) is 8.64. The maximum atomic E-state index is 11.8. The number of benzene rings is 2. The number of aromatic amines is 1. The van der Waals surface area contributed by atoms with E-state index in [-0.39, 0.29) is 11.2 Å². The normalized spacial score (nSPS) is 11.5. The Hall–Kier alpha value is -2.75. The van der Waals surface area contributed by atoms with Gasteiger partial charge in [0.1, 0.15) is 5.69 Å². The number of hydrogen-bond donors (Lipinski definition) is 3. The van der Waals surface area contributed by atoms with Crippen molar-refractivity contribution in [2.75, 3.05) is 24.6 Å². The van der Waals surface area contributed by atoms with E-state index in [1.165, 1.54) is 0 Å². The van der Waals surface area contributed by atoms with Gasteiger partial charge in [0, 0.05) is 56.4 Å². The van der Waals surface area contributed by atoms with Crippen LogP contribution in [0.4, 0.5) is 11.4 Å². The lowest BCUT2D eigenvalue weighted by Crippen LogP contribution is -2.15. The largest absolute Gasteiger partial charge is 0.396 e. The molecular formula is C28H31Br2ClN6O. The van der Waals surface area contributed by atoms with Gasteiger partial charge in [-0.2, -0.15) is 0 Å². The van der Waals surface area contributed by atoms with Crippen molar-refractivity contribution in [3.63, 3.8) is 0 Å². The van der Waals surface area contributed by atoms with E-state index in [2.05, 4.69) is 65.7 Å². The molecular weight excluding hydrogens is 632 g/mol. The number of unbranched alkanes of at least 4 members (excludes halogenated alkanes) is 2. The second-order valence-corrected chi connectivity index (χ2v) is 10.8. The summed E-state index contributed by atoms with van der Waals surface area (Å²) in [5, 5.41) is 2.19. The fraction of sp³-hybridized carbons (Fsp3) is 0.286. The Morgan fingerprint density at radius 3 is 2.05 bits per heavy atom. The number of rotatable bonds is 8. The molecule has 2 aromatic heterocycles. The lowest BCUT2D eigenvalue weighted by atomic mass is 10.1. The number of pyridine rings is 2. The fourth-order valence-corrected chi connectivity index (χ4v) is 4.55. The molecule has 0 fully saturated rings. The molecule has 0 saturated carbocycles. The molecule has 0 atom stereocenters. The number of aromatic nitrogens is 2. The number of H-pyrrole nitrogens is 1. The summed E-state index contributed by atoms with van der Waals surface area (Å²) in [7, 11) is 0. The van der Waals surface area contributed by atoms with Crippen LogP contribution in [0.5, 0.6) is 0 Å². The van der Waals surface area contributed by atoms with Gasteiger partial charge in [0.15, 0.2) is 5.15 Å². The van der Waals surface area contributed by atoms with Crippen molar-refractivity contribution < 1.29 is 0 Å². The monoisotopic (exact) mass is 660 g/mol. The second kappa shape index (κ2) is 14.4. The first-order chi connectivity index (χ1) is 18.3. The zero-order chi connectivity index (χ0) is 27.7. The molecule has 0 aliphatic heterocycles. The SMILES string of the molecule is CCCCN=Cc1c(N)c(=O)[nH]c2cc(Br)ccc12.CCCCN=Cc1c(N)c(Cl)nc2cc(Br)ccc12. The van der Waals surface area contributed by atoms with Gasteiger partial charge in [-0.05, 0) is 37.1 Å². The molecule has 0 saturated heterocycles. The highest BCUT2D eigenvalue weighted by atomic mass is 79.9. The molecule has 2 aromatic carbocycles. The Morgan fingerprint density at radius 1 is 0.895 bits per heavy atom. The lowest BCUT2D eigenvalue weighted by molar-refractivity contribution is 0.810. The highest BCUT2D eigenvalue weighted by molar-refractivity contribution is 9.10. The molecule has 0 bridgehead atoms. The number of nitrogen functional groups attached to an aromatic ring is 2. The Morgan fingerprint density at radius 2 is 1.45 bits per heavy atom. The zero-order valence-corrected chi connectivity index (χ0v) is 25.3. The first-order valence-electron chi connectivity index (χ1n) is 12.4. The predicted molar refractivity (Wildman–Crippen MR) is 170 cm³/mol. The van der Waals surface area contributed by atoms with Crippen LogP contribution in [-0.2, 0) is 0 Å². The van der Waals surface area contributed by atoms with E-state index in [4.69, 9.17) is 23.1 Å². The van der Waals surface area contributed by atoms with Gasteiger partial charge in [-0.25, -0.2) is 4.98 Å². The molecule has 38 heavy (non-hydrogen) atoms. The summed E-state index contributed by atoms with van der Waals surface area (Å²) in [4.78, 5) is 27.6. The average molecular weight is 663 g/mol. The van der Waals surface area contributed by atoms with Crippen molar-refractivity contribution in [2.24, 2.45) is 9.98 Å². The van der Waals surface area contributed by atoms with Gasteiger partial charge >= 0.3 is 0 Å². The minimum absolute atomic E-state index is 0.218. The number of halogens is 3. The molecule has 10 heteroatoms. The third kappa shape index (κ3) is 7.65. The number of aliphatic imine (C=N–C) groups is 2. The molecule has 0 radical (unpaired) electrons. The Kier molecular flexibility index (Phi) is 11.3. The quantitative estimate of drug-likeness (QED) is 0.102. The van der Waals surface area contributed by atoms with Crippen molar-refractivity contribution in [3.05, 3.63) is 72.0 Å². The lowest BCUT2D eigenvalue weighted by Gasteiger charge is -2.07. The minimum atomic E-state index is -0.275. The van der Waals surface area contributed by atoms with E-state index in [1.807, 2.05) is 36.4 Å². The number of nitrogens with two attached hydrogens (primary N) is 2. The molecule has 0 amide bonds. The number of nitrogens with one attached hydrogen (secondary N) is 1. The van der Waals surface area contributed by atoms with Crippen molar-refractivity contribution in [2.45, 2.75) is 39.5 Å². The Bertz CT molecular complexity index is 1530. The molecule has 5 N–H and O–H groups in total. The average Bonchev–Trinajstić information content (AvgIpc) is 2.89. The van der Waals surface area contributed by atoms with Crippen LogP contribution < -0.4 is 17.0 Å². The van der Waals surface area contributed by atoms with E-state index in [9.17, 15) is 4.79 Å². The summed E-state index contributed by atoms with van der Waals surface area (Å²) < 4.78 is 1.87.